The lowest BCUT2D eigenvalue weighted by molar-refractivity contribution is -0.152. The van der Waals surface area contributed by atoms with E-state index in [1.807, 2.05) is 0 Å². The quantitative estimate of drug-likeness (QED) is 0.712. The number of benzene rings is 2. The Labute approximate surface area is 163 Å². The molecule has 152 valence electrons. The van der Waals surface area contributed by atoms with E-state index in [0.29, 0.717) is 23.3 Å². The number of carbonyl (C=O) groups is 3. The fourth-order valence-electron chi connectivity index (χ4n) is 2.43. The Balaban J connectivity index is 1.48. The van der Waals surface area contributed by atoms with E-state index in [-0.39, 0.29) is 6.79 Å². The summed E-state index contributed by atoms with van der Waals surface area (Å²) in [6.07, 6.45) is -1.16. The lowest BCUT2D eigenvalue weighted by Gasteiger charge is -2.14. The summed E-state index contributed by atoms with van der Waals surface area (Å²) in [6.45, 7) is 0.841. The summed E-state index contributed by atoms with van der Waals surface area (Å²) in [5, 5.41) is 4.70. The Morgan fingerprint density at radius 1 is 1.10 bits per heavy atom. The monoisotopic (exact) mass is 406 g/mol. The molecule has 2 aromatic rings. The molecule has 10 heteroatoms. The van der Waals surface area contributed by atoms with Crippen molar-refractivity contribution in [2.24, 2.45) is 0 Å². The molecule has 0 radical (unpaired) electrons. The first-order valence-electron chi connectivity index (χ1n) is 8.46. The highest BCUT2D eigenvalue weighted by Crippen LogP contribution is 2.34. The average Bonchev–Trinajstić information content (AvgIpc) is 3.14. The van der Waals surface area contributed by atoms with Crippen LogP contribution in [0.1, 0.15) is 17.3 Å². The largest absolute Gasteiger partial charge is 0.454 e. The van der Waals surface area contributed by atoms with Crippen LogP contribution in [0.15, 0.2) is 36.4 Å². The molecule has 0 fully saturated rings. The van der Waals surface area contributed by atoms with Gasteiger partial charge in [-0.15, -0.1) is 0 Å². The number of nitrogens with one attached hydrogen (secondary N) is 2. The van der Waals surface area contributed by atoms with Crippen LogP contribution in [0.5, 0.6) is 11.5 Å². The molecule has 3 rings (SSSR count). The molecule has 0 aliphatic carbocycles. The van der Waals surface area contributed by atoms with E-state index >= 15 is 0 Å². The normalized spacial score (nSPS) is 12.8. The Bertz CT molecular complexity index is 966. The van der Waals surface area contributed by atoms with Gasteiger partial charge >= 0.3 is 5.97 Å². The molecule has 0 saturated carbocycles. The van der Waals surface area contributed by atoms with Crippen molar-refractivity contribution >= 4 is 23.5 Å². The van der Waals surface area contributed by atoms with Gasteiger partial charge < -0.3 is 24.8 Å². The van der Waals surface area contributed by atoms with Gasteiger partial charge in [-0.05, 0) is 31.2 Å². The van der Waals surface area contributed by atoms with E-state index in [4.69, 9.17) is 14.2 Å². The van der Waals surface area contributed by atoms with E-state index in [9.17, 15) is 23.2 Å². The first kappa shape index (κ1) is 20.1. The highest BCUT2D eigenvalue weighted by Gasteiger charge is 2.21. The minimum atomic E-state index is -1.16. The minimum Gasteiger partial charge on any atom is -0.454 e. The molecule has 0 spiro atoms. The van der Waals surface area contributed by atoms with Gasteiger partial charge in [0.15, 0.2) is 17.6 Å². The van der Waals surface area contributed by atoms with Crippen LogP contribution < -0.4 is 20.1 Å². The molecule has 2 aromatic carbocycles. The Hall–Kier alpha value is -3.69. The number of esters is 1. The second kappa shape index (κ2) is 8.55. The molecular formula is C19H16F2N2O6. The Kier molecular flexibility index (Phi) is 5.91. The van der Waals surface area contributed by atoms with Gasteiger partial charge in [0.25, 0.3) is 11.8 Å². The third kappa shape index (κ3) is 4.98. The van der Waals surface area contributed by atoms with E-state index in [1.54, 1.807) is 18.2 Å². The predicted octanol–water partition coefficient (Wildman–Crippen LogP) is 1.99. The van der Waals surface area contributed by atoms with Crippen molar-refractivity contribution in [3.05, 3.63) is 53.6 Å². The number of fused-ring (bicyclic) bond motifs is 1. The number of anilines is 1. The second-order valence-electron chi connectivity index (χ2n) is 6.00. The molecule has 29 heavy (non-hydrogen) atoms. The molecule has 1 unspecified atom stereocenters. The molecule has 1 aliphatic heterocycles. The predicted molar refractivity (Wildman–Crippen MR) is 95.4 cm³/mol. The number of amides is 2. The van der Waals surface area contributed by atoms with Crippen molar-refractivity contribution in [1.82, 2.24) is 5.32 Å². The zero-order valence-electron chi connectivity index (χ0n) is 15.2. The third-order valence-corrected chi connectivity index (χ3v) is 3.89. The zero-order chi connectivity index (χ0) is 21.0. The van der Waals surface area contributed by atoms with Crippen molar-refractivity contribution in [2.45, 2.75) is 13.0 Å². The van der Waals surface area contributed by atoms with Gasteiger partial charge in [0.1, 0.15) is 18.2 Å². The van der Waals surface area contributed by atoms with Gasteiger partial charge in [-0.2, -0.15) is 0 Å². The molecule has 8 nitrogen and oxygen atoms in total. The molecule has 1 atom stereocenters. The summed E-state index contributed by atoms with van der Waals surface area (Å²) >= 11 is 0. The summed E-state index contributed by atoms with van der Waals surface area (Å²) in [5.74, 6) is -3.30. The van der Waals surface area contributed by atoms with Crippen molar-refractivity contribution in [3.8, 4) is 11.5 Å². The van der Waals surface area contributed by atoms with E-state index < -0.39 is 47.6 Å². The van der Waals surface area contributed by atoms with Gasteiger partial charge in [0.2, 0.25) is 6.79 Å². The van der Waals surface area contributed by atoms with Crippen LogP contribution in [-0.2, 0) is 14.3 Å². The van der Waals surface area contributed by atoms with Crippen molar-refractivity contribution in [2.75, 3.05) is 18.7 Å². The van der Waals surface area contributed by atoms with E-state index in [2.05, 4.69) is 10.6 Å². The number of hydrogen-bond acceptors (Lipinski definition) is 6. The lowest BCUT2D eigenvalue weighted by atomic mass is 10.2. The third-order valence-electron chi connectivity index (χ3n) is 3.89. The highest BCUT2D eigenvalue weighted by atomic mass is 19.1. The molecule has 1 heterocycles. The number of ether oxygens (including phenoxy) is 3. The SMILES string of the molecule is CC(OC(=O)CNC(=O)c1ccc(F)cc1F)C(=O)Nc1ccc2c(c1)OCO2. The zero-order valence-corrected chi connectivity index (χ0v) is 15.2. The first-order chi connectivity index (χ1) is 13.8. The van der Waals surface area contributed by atoms with Gasteiger partial charge in [-0.25, -0.2) is 8.78 Å². The maximum Gasteiger partial charge on any atom is 0.326 e. The number of rotatable bonds is 6. The number of hydrogen-bond donors (Lipinski definition) is 2. The molecule has 2 N–H and O–H groups in total. The summed E-state index contributed by atoms with van der Waals surface area (Å²) < 4.78 is 41.7. The number of carbonyl (C=O) groups excluding carboxylic acids is 3. The van der Waals surface area contributed by atoms with Gasteiger partial charge in [0, 0.05) is 17.8 Å². The highest BCUT2D eigenvalue weighted by molar-refractivity contribution is 5.97. The summed E-state index contributed by atoms with van der Waals surface area (Å²) in [5.41, 5.74) is -0.00460. The van der Waals surface area contributed by atoms with Crippen LogP contribution in [0, 0.1) is 11.6 Å². The molecule has 1 aliphatic rings. The fraction of sp³-hybridized carbons (Fsp3) is 0.211. The topological polar surface area (TPSA) is 103 Å². The number of halogens is 2. The summed E-state index contributed by atoms with van der Waals surface area (Å²) in [6, 6.07) is 7.20. The summed E-state index contributed by atoms with van der Waals surface area (Å²) in [7, 11) is 0. The minimum absolute atomic E-state index is 0.0916. The summed E-state index contributed by atoms with van der Waals surface area (Å²) in [4.78, 5) is 35.8. The van der Waals surface area contributed by atoms with Gasteiger partial charge in [-0.1, -0.05) is 0 Å². The van der Waals surface area contributed by atoms with Crippen molar-refractivity contribution in [3.63, 3.8) is 0 Å². The van der Waals surface area contributed by atoms with Crippen LogP contribution in [0.3, 0.4) is 0 Å². The molecular weight excluding hydrogens is 390 g/mol. The van der Waals surface area contributed by atoms with Crippen molar-refractivity contribution < 1.29 is 37.4 Å². The van der Waals surface area contributed by atoms with Crippen LogP contribution in [0.25, 0.3) is 0 Å². The van der Waals surface area contributed by atoms with Crippen LogP contribution >= 0.6 is 0 Å². The van der Waals surface area contributed by atoms with E-state index in [0.717, 1.165) is 12.1 Å². The maximum atomic E-state index is 13.5. The molecule has 0 aromatic heterocycles. The standard InChI is InChI=1S/C19H16F2N2O6/c1-10(18(25)23-12-3-5-15-16(7-12)28-9-27-15)29-17(24)8-22-19(26)13-4-2-11(20)6-14(13)21/h2-7,10H,8-9H2,1H3,(H,22,26)(H,23,25). The molecule has 0 bridgehead atoms. The Morgan fingerprint density at radius 3 is 2.62 bits per heavy atom. The van der Waals surface area contributed by atoms with Crippen LogP contribution in [0.4, 0.5) is 14.5 Å². The first-order valence-corrected chi connectivity index (χ1v) is 8.46. The van der Waals surface area contributed by atoms with Crippen LogP contribution in [-0.4, -0.2) is 37.2 Å². The van der Waals surface area contributed by atoms with Crippen molar-refractivity contribution in [1.29, 1.82) is 0 Å². The maximum absolute atomic E-state index is 13.5. The van der Waals surface area contributed by atoms with E-state index in [1.165, 1.54) is 6.92 Å². The molecule has 2 amide bonds. The van der Waals surface area contributed by atoms with Gasteiger partial charge in [-0.3, -0.25) is 14.4 Å². The second-order valence-corrected chi connectivity index (χ2v) is 6.00. The average molecular weight is 406 g/mol. The fourth-order valence-corrected chi connectivity index (χ4v) is 2.43. The van der Waals surface area contributed by atoms with Crippen LogP contribution in [0.2, 0.25) is 0 Å². The smallest absolute Gasteiger partial charge is 0.326 e. The Morgan fingerprint density at radius 2 is 1.86 bits per heavy atom. The van der Waals surface area contributed by atoms with Gasteiger partial charge in [0.05, 0.1) is 5.56 Å². The lowest BCUT2D eigenvalue weighted by Crippen LogP contribution is -2.36. The molecule has 0 saturated heterocycles.